The minimum atomic E-state index is -0.366. The van der Waals surface area contributed by atoms with Gasteiger partial charge in [0.25, 0.3) is 5.91 Å². The number of benzene rings is 1. The molecule has 1 heterocycles. The summed E-state index contributed by atoms with van der Waals surface area (Å²) in [5.74, 6) is 0.235. The second-order valence-electron chi connectivity index (χ2n) is 5.23. The van der Waals surface area contributed by atoms with Gasteiger partial charge in [0.1, 0.15) is 5.75 Å². The third kappa shape index (κ3) is 5.76. The molecule has 0 aliphatic carbocycles. The molecule has 2 N–H and O–H groups in total. The van der Waals surface area contributed by atoms with Gasteiger partial charge in [-0.25, -0.2) is 4.68 Å². The van der Waals surface area contributed by atoms with Crippen LogP contribution in [-0.2, 0) is 11.3 Å². The predicted octanol–water partition coefficient (Wildman–Crippen LogP) is 1.62. The number of aromatic nitrogens is 3. The van der Waals surface area contributed by atoms with Crippen LogP contribution < -0.4 is 15.4 Å². The number of anilines is 1. The molecule has 2 rings (SSSR count). The van der Waals surface area contributed by atoms with Crippen LogP contribution in [0.2, 0.25) is 0 Å². The molecule has 0 fully saturated rings. The highest BCUT2D eigenvalue weighted by Gasteiger charge is 2.11. The molecule has 0 atom stereocenters. The van der Waals surface area contributed by atoms with Crippen LogP contribution in [0.4, 0.5) is 5.69 Å². The summed E-state index contributed by atoms with van der Waals surface area (Å²) in [4.78, 5) is 23.7. The highest BCUT2D eigenvalue weighted by molar-refractivity contribution is 6.02. The molecular weight excluding hydrogens is 322 g/mol. The van der Waals surface area contributed by atoms with Gasteiger partial charge in [-0.2, -0.15) is 0 Å². The number of hydrogen-bond donors (Lipinski definition) is 2. The zero-order valence-electron chi connectivity index (χ0n) is 14.1. The third-order valence-electron chi connectivity index (χ3n) is 3.34. The molecule has 0 saturated carbocycles. The zero-order chi connectivity index (χ0) is 18.1. The maximum Gasteiger partial charge on any atom is 0.277 e. The number of carbonyl (C=O) groups excluding carboxylic acids is 2. The summed E-state index contributed by atoms with van der Waals surface area (Å²) < 4.78 is 6.62. The molecule has 8 nitrogen and oxygen atoms in total. The number of nitrogens with one attached hydrogen (secondary N) is 2. The van der Waals surface area contributed by atoms with Crippen molar-refractivity contribution in [3.8, 4) is 5.75 Å². The SMILES string of the molecule is C=CCCC(=O)NCCn1cc(C(=O)Nc2cccc(OC)c2)nn1. The standard InChI is InChI=1S/C17H21N5O3/c1-3-4-8-16(23)18-9-10-22-12-15(20-21-22)17(24)19-13-6-5-7-14(11-13)25-2/h3,5-7,11-12H,1,4,8-10H2,2H3,(H,18,23)(H,19,24). The third-order valence-corrected chi connectivity index (χ3v) is 3.34. The van der Waals surface area contributed by atoms with Crippen molar-refractivity contribution in [1.29, 1.82) is 0 Å². The Bertz CT molecular complexity index is 741. The number of carbonyl (C=O) groups is 2. The largest absolute Gasteiger partial charge is 0.497 e. The number of methoxy groups -OCH3 is 1. The number of rotatable bonds is 9. The van der Waals surface area contributed by atoms with Crippen LogP contribution >= 0.6 is 0 Å². The molecule has 1 aromatic carbocycles. The van der Waals surface area contributed by atoms with Gasteiger partial charge in [-0.3, -0.25) is 9.59 Å². The molecular formula is C17H21N5O3. The van der Waals surface area contributed by atoms with E-state index in [-0.39, 0.29) is 17.5 Å². The lowest BCUT2D eigenvalue weighted by Gasteiger charge is -2.05. The molecule has 8 heteroatoms. The lowest BCUT2D eigenvalue weighted by atomic mass is 10.3. The molecule has 0 bridgehead atoms. The van der Waals surface area contributed by atoms with Crippen molar-refractivity contribution in [2.45, 2.75) is 19.4 Å². The van der Waals surface area contributed by atoms with Crippen molar-refractivity contribution in [3.05, 3.63) is 48.8 Å². The van der Waals surface area contributed by atoms with Gasteiger partial charge in [0.2, 0.25) is 5.91 Å². The van der Waals surface area contributed by atoms with E-state index in [1.807, 2.05) is 0 Å². The fourth-order valence-corrected chi connectivity index (χ4v) is 2.04. The van der Waals surface area contributed by atoms with Crippen LogP contribution in [0.25, 0.3) is 0 Å². The zero-order valence-corrected chi connectivity index (χ0v) is 14.1. The molecule has 132 valence electrons. The minimum Gasteiger partial charge on any atom is -0.497 e. The van der Waals surface area contributed by atoms with Gasteiger partial charge in [-0.1, -0.05) is 17.4 Å². The first kappa shape index (κ1) is 18.2. The second-order valence-corrected chi connectivity index (χ2v) is 5.23. The maximum atomic E-state index is 12.2. The van der Waals surface area contributed by atoms with E-state index in [0.717, 1.165) is 0 Å². The molecule has 25 heavy (non-hydrogen) atoms. The Morgan fingerprint density at radius 1 is 1.40 bits per heavy atom. The molecule has 2 amide bonds. The smallest absolute Gasteiger partial charge is 0.277 e. The van der Waals surface area contributed by atoms with Crippen LogP contribution in [0.1, 0.15) is 23.3 Å². The number of ether oxygens (including phenoxy) is 1. The van der Waals surface area contributed by atoms with E-state index in [2.05, 4.69) is 27.5 Å². The average Bonchev–Trinajstić information content (AvgIpc) is 3.09. The number of hydrogen-bond acceptors (Lipinski definition) is 5. The molecule has 1 aromatic heterocycles. The molecule has 0 aliphatic heterocycles. The van der Waals surface area contributed by atoms with Crippen LogP contribution in [0.5, 0.6) is 5.75 Å². The first-order valence-corrected chi connectivity index (χ1v) is 7.85. The number of nitrogens with zero attached hydrogens (tertiary/aromatic N) is 3. The molecule has 0 spiro atoms. The van der Waals surface area contributed by atoms with Gasteiger partial charge in [-0.05, 0) is 18.6 Å². The van der Waals surface area contributed by atoms with Crippen molar-refractivity contribution in [2.24, 2.45) is 0 Å². The highest BCUT2D eigenvalue weighted by Crippen LogP contribution is 2.17. The van der Waals surface area contributed by atoms with Crippen molar-refractivity contribution >= 4 is 17.5 Å². The predicted molar refractivity (Wildman–Crippen MR) is 93.4 cm³/mol. The van der Waals surface area contributed by atoms with Gasteiger partial charge < -0.3 is 15.4 Å². The molecule has 0 saturated heterocycles. The van der Waals surface area contributed by atoms with Gasteiger partial charge in [0.15, 0.2) is 5.69 Å². The topological polar surface area (TPSA) is 98.1 Å². The van der Waals surface area contributed by atoms with E-state index in [0.29, 0.717) is 37.4 Å². The summed E-state index contributed by atoms with van der Waals surface area (Å²) in [5.41, 5.74) is 0.800. The lowest BCUT2D eigenvalue weighted by Crippen LogP contribution is -2.27. The Balaban J connectivity index is 1.84. The van der Waals surface area contributed by atoms with Gasteiger partial charge in [0, 0.05) is 24.7 Å². The Morgan fingerprint density at radius 2 is 2.24 bits per heavy atom. The number of amides is 2. The summed E-state index contributed by atoms with van der Waals surface area (Å²) in [5, 5.41) is 13.2. The van der Waals surface area contributed by atoms with E-state index >= 15 is 0 Å². The van der Waals surface area contributed by atoms with Crippen LogP contribution in [-0.4, -0.2) is 40.5 Å². The first-order chi connectivity index (χ1) is 12.1. The summed E-state index contributed by atoms with van der Waals surface area (Å²) in [6.07, 6.45) is 4.29. The minimum absolute atomic E-state index is 0.0454. The average molecular weight is 343 g/mol. The van der Waals surface area contributed by atoms with Gasteiger partial charge >= 0.3 is 0 Å². The summed E-state index contributed by atoms with van der Waals surface area (Å²) in [7, 11) is 1.56. The van der Waals surface area contributed by atoms with E-state index < -0.39 is 0 Å². The molecule has 0 radical (unpaired) electrons. The molecule has 0 aliphatic rings. The Hall–Kier alpha value is -3.16. The van der Waals surface area contributed by atoms with Gasteiger partial charge in [0.05, 0.1) is 19.9 Å². The van der Waals surface area contributed by atoms with Crippen molar-refractivity contribution in [3.63, 3.8) is 0 Å². The summed E-state index contributed by atoms with van der Waals surface area (Å²) >= 11 is 0. The van der Waals surface area contributed by atoms with Crippen molar-refractivity contribution in [2.75, 3.05) is 19.0 Å². The quantitative estimate of drug-likeness (QED) is 0.674. The van der Waals surface area contributed by atoms with Crippen molar-refractivity contribution in [1.82, 2.24) is 20.3 Å². The van der Waals surface area contributed by atoms with Crippen LogP contribution in [0, 0.1) is 0 Å². The fraction of sp³-hybridized carbons (Fsp3) is 0.294. The Morgan fingerprint density at radius 3 is 3.00 bits per heavy atom. The van der Waals surface area contributed by atoms with E-state index in [4.69, 9.17) is 4.74 Å². The highest BCUT2D eigenvalue weighted by atomic mass is 16.5. The molecule has 2 aromatic rings. The lowest BCUT2D eigenvalue weighted by molar-refractivity contribution is -0.121. The maximum absolute atomic E-state index is 12.2. The summed E-state index contributed by atoms with van der Waals surface area (Å²) in [6, 6.07) is 7.03. The van der Waals surface area contributed by atoms with E-state index in [1.54, 1.807) is 37.5 Å². The normalized spacial score (nSPS) is 10.1. The molecule has 0 unspecified atom stereocenters. The summed E-state index contributed by atoms with van der Waals surface area (Å²) in [6.45, 7) is 4.41. The second kappa shape index (κ2) is 9.21. The van der Waals surface area contributed by atoms with E-state index in [9.17, 15) is 9.59 Å². The number of allylic oxidation sites excluding steroid dienone is 1. The monoisotopic (exact) mass is 343 g/mol. The van der Waals surface area contributed by atoms with Crippen LogP contribution in [0.15, 0.2) is 43.1 Å². The van der Waals surface area contributed by atoms with Crippen LogP contribution in [0.3, 0.4) is 0 Å². The Kier molecular flexibility index (Phi) is 6.70. The fourth-order valence-electron chi connectivity index (χ4n) is 2.04. The van der Waals surface area contributed by atoms with E-state index in [1.165, 1.54) is 10.9 Å². The first-order valence-electron chi connectivity index (χ1n) is 7.85. The Labute approximate surface area is 145 Å². The van der Waals surface area contributed by atoms with Gasteiger partial charge in [-0.15, -0.1) is 11.7 Å². The van der Waals surface area contributed by atoms with Crippen molar-refractivity contribution < 1.29 is 14.3 Å².